The minimum Gasteiger partial charge on any atom is -0.465 e. The maximum atomic E-state index is 12.6. The zero-order chi connectivity index (χ0) is 15.0. The van der Waals surface area contributed by atoms with E-state index in [2.05, 4.69) is 62.3 Å². The summed E-state index contributed by atoms with van der Waals surface area (Å²) in [7, 11) is 0. The van der Waals surface area contributed by atoms with Crippen molar-refractivity contribution in [3.05, 3.63) is 0 Å². The molecule has 0 aliphatic heterocycles. The quantitative estimate of drug-likeness (QED) is 0.671. The smallest absolute Gasteiger partial charge is 0.312 e. The van der Waals surface area contributed by atoms with Crippen molar-refractivity contribution in [2.45, 2.75) is 69.2 Å². The van der Waals surface area contributed by atoms with Crippen LogP contribution in [0.4, 0.5) is 0 Å². The molecule has 0 aliphatic carbocycles. The molecular formula is C16H32O2. The van der Waals surface area contributed by atoms with Crippen molar-refractivity contribution < 1.29 is 9.53 Å². The lowest BCUT2D eigenvalue weighted by Gasteiger charge is -2.49. The van der Waals surface area contributed by atoms with E-state index < -0.39 is 5.41 Å². The third-order valence-electron chi connectivity index (χ3n) is 4.04. The fraction of sp³-hybridized carbons (Fsp3) is 0.938. The molecule has 0 unspecified atom stereocenters. The van der Waals surface area contributed by atoms with Crippen LogP contribution in [0.15, 0.2) is 0 Å². The zero-order valence-corrected chi connectivity index (χ0v) is 14.0. The van der Waals surface area contributed by atoms with Gasteiger partial charge in [-0.1, -0.05) is 62.3 Å². The lowest BCUT2D eigenvalue weighted by atomic mass is 9.55. The third kappa shape index (κ3) is 3.73. The van der Waals surface area contributed by atoms with Crippen LogP contribution in [0.2, 0.25) is 0 Å². The van der Waals surface area contributed by atoms with Crippen molar-refractivity contribution in [1.82, 2.24) is 0 Å². The third-order valence-corrected chi connectivity index (χ3v) is 4.04. The Kier molecular flexibility index (Phi) is 4.72. The number of carbonyl (C=O) groups is 1. The summed E-state index contributed by atoms with van der Waals surface area (Å²) in [6.07, 6.45) is 0. The fourth-order valence-corrected chi connectivity index (χ4v) is 2.16. The lowest BCUT2D eigenvalue weighted by molar-refractivity contribution is -0.175. The van der Waals surface area contributed by atoms with E-state index in [4.69, 9.17) is 4.74 Å². The molecule has 108 valence electrons. The van der Waals surface area contributed by atoms with Crippen molar-refractivity contribution >= 4 is 5.97 Å². The standard InChI is InChI=1S/C16H32O2/c1-13(2,3)11-18-12(17)16(10,14(4,5)6)15(7,8)9/h11H2,1-10H3. The van der Waals surface area contributed by atoms with Crippen molar-refractivity contribution in [3.8, 4) is 0 Å². The molecule has 0 N–H and O–H groups in total. The van der Waals surface area contributed by atoms with Crippen molar-refractivity contribution in [3.63, 3.8) is 0 Å². The number of rotatable bonds is 2. The molecule has 0 amide bonds. The first-order valence-electron chi connectivity index (χ1n) is 6.80. The second kappa shape index (κ2) is 4.86. The van der Waals surface area contributed by atoms with E-state index in [-0.39, 0.29) is 22.2 Å². The van der Waals surface area contributed by atoms with Crippen LogP contribution in [0, 0.1) is 21.7 Å². The molecule has 0 saturated heterocycles. The summed E-state index contributed by atoms with van der Waals surface area (Å²) in [6.45, 7) is 21.4. The van der Waals surface area contributed by atoms with E-state index in [1.54, 1.807) is 0 Å². The maximum Gasteiger partial charge on any atom is 0.312 e. The molecule has 2 nitrogen and oxygen atoms in total. The van der Waals surface area contributed by atoms with Crippen LogP contribution in [-0.2, 0) is 9.53 Å². The summed E-state index contributed by atoms with van der Waals surface area (Å²) < 4.78 is 5.59. The molecule has 0 fully saturated rings. The van der Waals surface area contributed by atoms with Crippen LogP contribution >= 0.6 is 0 Å². The van der Waals surface area contributed by atoms with Gasteiger partial charge in [-0.2, -0.15) is 0 Å². The Hall–Kier alpha value is -0.530. The largest absolute Gasteiger partial charge is 0.465 e. The molecule has 0 aromatic heterocycles. The average molecular weight is 256 g/mol. The molecule has 0 saturated carbocycles. The number of esters is 1. The van der Waals surface area contributed by atoms with Gasteiger partial charge in [0.05, 0.1) is 12.0 Å². The number of hydrogen-bond donors (Lipinski definition) is 0. The van der Waals surface area contributed by atoms with E-state index in [0.717, 1.165) is 0 Å². The van der Waals surface area contributed by atoms with Gasteiger partial charge < -0.3 is 4.74 Å². The highest BCUT2D eigenvalue weighted by Gasteiger charge is 2.53. The Morgan fingerprint density at radius 1 is 0.778 bits per heavy atom. The summed E-state index contributed by atoms with van der Waals surface area (Å²) in [4.78, 5) is 12.6. The highest BCUT2D eigenvalue weighted by atomic mass is 16.5. The van der Waals surface area contributed by atoms with Crippen molar-refractivity contribution in [1.29, 1.82) is 0 Å². The average Bonchev–Trinajstić information content (AvgIpc) is 2.07. The van der Waals surface area contributed by atoms with Crippen LogP contribution < -0.4 is 0 Å². The maximum absolute atomic E-state index is 12.6. The zero-order valence-electron chi connectivity index (χ0n) is 14.0. The van der Waals surface area contributed by atoms with E-state index in [9.17, 15) is 4.79 Å². The summed E-state index contributed by atoms with van der Waals surface area (Å²) in [5, 5.41) is 0. The summed E-state index contributed by atoms with van der Waals surface area (Å²) in [5.41, 5.74) is -0.780. The number of ether oxygens (including phenoxy) is 1. The highest BCUT2D eigenvalue weighted by molar-refractivity contribution is 5.78. The number of hydrogen-bond acceptors (Lipinski definition) is 2. The Morgan fingerprint density at radius 3 is 1.33 bits per heavy atom. The first-order chi connectivity index (χ1) is 7.63. The van der Waals surface area contributed by atoms with Gasteiger partial charge in [0, 0.05) is 0 Å². The molecule has 0 radical (unpaired) electrons. The second-order valence-electron chi connectivity index (χ2n) is 8.76. The van der Waals surface area contributed by atoms with Gasteiger partial charge in [-0.15, -0.1) is 0 Å². The molecule has 2 heteroatoms. The summed E-state index contributed by atoms with van der Waals surface area (Å²) in [6, 6.07) is 0. The van der Waals surface area contributed by atoms with Crippen LogP contribution in [0.3, 0.4) is 0 Å². The molecule has 0 bridgehead atoms. The van der Waals surface area contributed by atoms with Gasteiger partial charge in [-0.05, 0) is 23.2 Å². The van der Waals surface area contributed by atoms with Gasteiger partial charge >= 0.3 is 5.97 Å². The predicted octanol–water partition coefficient (Wildman–Crippen LogP) is 4.67. The van der Waals surface area contributed by atoms with E-state index in [1.807, 2.05) is 6.92 Å². The summed E-state index contributed by atoms with van der Waals surface area (Å²) in [5.74, 6) is -0.0857. The van der Waals surface area contributed by atoms with Gasteiger partial charge in [-0.25, -0.2) is 0 Å². The van der Waals surface area contributed by atoms with Crippen molar-refractivity contribution in [2.24, 2.45) is 21.7 Å². The van der Waals surface area contributed by atoms with Crippen molar-refractivity contribution in [2.75, 3.05) is 6.61 Å². The first kappa shape index (κ1) is 17.5. The molecular weight excluding hydrogens is 224 g/mol. The Bertz CT molecular complexity index is 281. The van der Waals surface area contributed by atoms with Crippen LogP contribution in [0.1, 0.15) is 69.2 Å². The molecule has 0 aromatic carbocycles. The van der Waals surface area contributed by atoms with E-state index in [0.29, 0.717) is 6.61 Å². The van der Waals surface area contributed by atoms with Gasteiger partial charge in [0.15, 0.2) is 0 Å². The lowest BCUT2D eigenvalue weighted by Crippen LogP contribution is -2.51. The Balaban J connectivity index is 5.21. The van der Waals surface area contributed by atoms with Gasteiger partial charge in [0.25, 0.3) is 0 Å². The minimum absolute atomic E-state index is 0.00629. The molecule has 0 atom stereocenters. The normalized spacial score (nSPS) is 14.6. The van der Waals surface area contributed by atoms with E-state index >= 15 is 0 Å². The Morgan fingerprint density at radius 2 is 1.11 bits per heavy atom. The molecule has 0 heterocycles. The monoisotopic (exact) mass is 256 g/mol. The molecule has 0 aliphatic rings. The van der Waals surface area contributed by atoms with Gasteiger partial charge in [0.2, 0.25) is 0 Å². The SMILES string of the molecule is CC(C)(C)COC(=O)C(C)(C(C)(C)C)C(C)(C)C. The first-order valence-corrected chi connectivity index (χ1v) is 6.80. The van der Waals surface area contributed by atoms with E-state index in [1.165, 1.54) is 0 Å². The minimum atomic E-state index is -0.509. The van der Waals surface area contributed by atoms with Crippen LogP contribution in [0.25, 0.3) is 0 Å². The summed E-state index contributed by atoms with van der Waals surface area (Å²) >= 11 is 0. The predicted molar refractivity (Wildman–Crippen MR) is 77.4 cm³/mol. The number of carbonyl (C=O) groups excluding carboxylic acids is 1. The van der Waals surface area contributed by atoms with Gasteiger partial charge in [-0.3, -0.25) is 4.79 Å². The topological polar surface area (TPSA) is 26.3 Å². The molecule has 0 aromatic rings. The fourth-order valence-electron chi connectivity index (χ4n) is 2.16. The van der Waals surface area contributed by atoms with Crippen LogP contribution in [-0.4, -0.2) is 12.6 Å². The highest BCUT2D eigenvalue weighted by Crippen LogP contribution is 2.52. The van der Waals surface area contributed by atoms with Gasteiger partial charge in [0.1, 0.15) is 0 Å². The Labute approximate surface area is 113 Å². The second-order valence-corrected chi connectivity index (χ2v) is 8.76. The molecule has 18 heavy (non-hydrogen) atoms. The molecule has 0 rings (SSSR count). The molecule has 0 spiro atoms. The van der Waals surface area contributed by atoms with Crippen LogP contribution in [0.5, 0.6) is 0 Å².